The van der Waals surface area contributed by atoms with Crippen LogP contribution in [0.15, 0.2) is 12.4 Å². The summed E-state index contributed by atoms with van der Waals surface area (Å²) < 4.78 is 0. The first-order valence-electron chi connectivity index (χ1n) is 3.79. The maximum atomic E-state index is 4.20. The van der Waals surface area contributed by atoms with Gasteiger partial charge in [-0.25, -0.2) is 9.97 Å². The quantitative estimate of drug-likeness (QED) is 0.566. The van der Waals surface area contributed by atoms with Gasteiger partial charge in [0.1, 0.15) is 6.33 Å². The van der Waals surface area contributed by atoms with E-state index in [2.05, 4.69) is 30.7 Å². The zero-order valence-electron chi connectivity index (χ0n) is 7.55. The average Bonchev–Trinajstić information content (AvgIpc) is 1.86. The number of hydrogen-bond donors (Lipinski definition) is 0. The minimum Gasteiger partial charge on any atom is -0.242 e. The number of nitrogens with zero attached hydrogens (tertiary/aromatic N) is 2. The van der Waals surface area contributed by atoms with Gasteiger partial charge in [-0.15, -0.1) is 0 Å². The van der Waals surface area contributed by atoms with E-state index in [9.17, 15) is 0 Å². The Hall–Kier alpha value is -0.920. The van der Waals surface area contributed by atoms with Gasteiger partial charge in [0.15, 0.2) is 0 Å². The van der Waals surface area contributed by atoms with Crippen molar-refractivity contribution in [1.29, 1.82) is 0 Å². The van der Waals surface area contributed by atoms with E-state index in [-0.39, 0.29) is 5.41 Å². The highest BCUT2D eigenvalue weighted by Crippen LogP contribution is 2.18. The molecule has 0 N–H and O–H groups in total. The van der Waals surface area contributed by atoms with Crippen LogP contribution >= 0.6 is 0 Å². The van der Waals surface area contributed by atoms with Gasteiger partial charge in [0.25, 0.3) is 0 Å². The number of hydrogen-bond acceptors (Lipinski definition) is 2. The Balaban J connectivity index is 3.06. The molecule has 0 unspecified atom stereocenters. The van der Waals surface area contributed by atoms with Crippen LogP contribution in [0.4, 0.5) is 0 Å². The molecule has 60 valence electrons. The Labute approximate surface area is 67.7 Å². The van der Waals surface area contributed by atoms with Crippen LogP contribution in [0.3, 0.4) is 0 Å². The van der Waals surface area contributed by atoms with Gasteiger partial charge in [0, 0.05) is 16.8 Å². The van der Waals surface area contributed by atoms with Gasteiger partial charge in [-0.1, -0.05) is 20.8 Å². The van der Waals surface area contributed by atoms with Crippen molar-refractivity contribution in [1.82, 2.24) is 9.97 Å². The van der Waals surface area contributed by atoms with Crippen molar-refractivity contribution in [2.45, 2.75) is 33.1 Å². The molecule has 0 amide bonds. The molecule has 1 aromatic heterocycles. The van der Waals surface area contributed by atoms with Gasteiger partial charge < -0.3 is 0 Å². The summed E-state index contributed by atoms with van der Waals surface area (Å²) in [4.78, 5) is 8.24. The lowest BCUT2D eigenvalue weighted by molar-refractivity contribution is 0.565. The summed E-state index contributed by atoms with van der Waals surface area (Å²) in [6.07, 6.45) is 1.62. The van der Waals surface area contributed by atoms with Crippen molar-refractivity contribution >= 4 is 0 Å². The minimum atomic E-state index is 0.133. The second-order valence-electron chi connectivity index (χ2n) is 3.79. The summed E-state index contributed by atoms with van der Waals surface area (Å²) in [6, 6.07) is 2.03. The molecule has 1 heterocycles. The SMILES string of the molecule is Cc1cc(C(C)(C)C)ncn1. The van der Waals surface area contributed by atoms with Crippen molar-refractivity contribution in [3.63, 3.8) is 0 Å². The lowest BCUT2D eigenvalue weighted by Crippen LogP contribution is -2.13. The van der Waals surface area contributed by atoms with Crippen LogP contribution in [0.5, 0.6) is 0 Å². The van der Waals surface area contributed by atoms with E-state index in [0.717, 1.165) is 11.4 Å². The van der Waals surface area contributed by atoms with Crippen molar-refractivity contribution in [2.75, 3.05) is 0 Å². The predicted molar refractivity (Wildman–Crippen MR) is 45.5 cm³/mol. The second kappa shape index (κ2) is 2.61. The summed E-state index contributed by atoms with van der Waals surface area (Å²) in [5.41, 5.74) is 2.27. The van der Waals surface area contributed by atoms with E-state index >= 15 is 0 Å². The second-order valence-corrected chi connectivity index (χ2v) is 3.79. The fraction of sp³-hybridized carbons (Fsp3) is 0.556. The van der Waals surface area contributed by atoms with Crippen LogP contribution in [0, 0.1) is 6.92 Å². The van der Waals surface area contributed by atoms with Crippen LogP contribution in [0.2, 0.25) is 0 Å². The van der Waals surface area contributed by atoms with Gasteiger partial charge >= 0.3 is 0 Å². The Morgan fingerprint density at radius 2 is 1.82 bits per heavy atom. The molecule has 0 saturated heterocycles. The monoisotopic (exact) mass is 150 g/mol. The van der Waals surface area contributed by atoms with Crippen LogP contribution < -0.4 is 0 Å². The summed E-state index contributed by atoms with van der Waals surface area (Å²) in [5, 5.41) is 0. The molecule has 2 nitrogen and oxygen atoms in total. The molecule has 0 aromatic carbocycles. The molecule has 0 aliphatic rings. The van der Waals surface area contributed by atoms with Crippen molar-refractivity contribution < 1.29 is 0 Å². The lowest BCUT2D eigenvalue weighted by Gasteiger charge is -2.16. The van der Waals surface area contributed by atoms with Gasteiger partial charge in [-0.2, -0.15) is 0 Å². The first-order valence-corrected chi connectivity index (χ1v) is 3.79. The highest BCUT2D eigenvalue weighted by molar-refractivity contribution is 5.14. The van der Waals surface area contributed by atoms with Gasteiger partial charge in [-0.3, -0.25) is 0 Å². The fourth-order valence-corrected chi connectivity index (χ4v) is 0.865. The molecule has 0 radical (unpaired) electrons. The lowest BCUT2D eigenvalue weighted by atomic mass is 9.92. The maximum absolute atomic E-state index is 4.20. The topological polar surface area (TPSA) is 25.8 Å². The van der Waals surface area contributed by atoms with E-state index < -0.39 is 0 Å². The Morgan fingerprint density at radius 1 is 1.18 bits per heavy atom. The Kier molecular flexibility index (Phi) is 1.94. The van der Waals surface area contributed by atoms with Crippen molar-refractivity contribution in [3.8, 4) is 0 Å². The molecule has 0 aliphatic heterocycles. The summed E-state index contributed by atoms with van der Waals surface area (Å²) in [7, 11) is 0. The fourth-order valence-electron chi connectivity index (χ4n) is 0.865. The summed E-state index contributed by atoms with van der Waals surface area (Å²) >= 11 is 0. The van der Waals surface area contributed by atoms with E-state index in [1.54, 1.807) is 6.33 Å². The first-order chi connectivity index (χ1) is 5.00. The molecule has 0 atom stereocenters. The van der Waals surface area contributed by atoms with Gasteiger partial charge in [0.05, 0.1) is 0 Å². The molecule has 0 spiro atoms. The van der Waals surface area contributed by atoms with Crippen LogP contribution in [0.25, 0.3) is 0 Å². The zero-order valence-corrected chi connectivity index (χ0v) is 7.55. The summed E-state index contributed by atoms with van der Waals surface area (Å²) in [6.45, 7) is 8.43. The highest BCUT2D eigenvalue weighted by atomic mass is 14.8. The van der Waals surface area contributed by atoms with Crippen LogP contribution in [-0.4, -0.2) is 9.97 Å². The van der Waals surface area contributed by atoms with Crippen molar-refractivity contribution in [2.24, 2.45) is 0 Å². The number of aryl methyl sites for hydroxylation is 1. The summed E-state index contributed by atoms with van der Waals surface area (Å²) in [5.74, 6) is 0. The maximum Gasteiger partial charge on any atom is 0.115 e. The third-order valence-electron chi connectivity index (χ3n) is 1.57. The molecule has 1 rings (SSSR count). The molecule has 0 bridgehead atoms. The number of rotatable bonds is 0. The predicted octanol–water partition coefficient (Wildman–Crippen LogP) is 2.08. The molecule has 0 saturated carbocycles. The third kappa shape index (κ3) is 2.00. The van der Waals surface area contributed by atoms with E-state index in [1.165, 1.54) is 0 Å². The van der Waals surface area contributed by atoms with Gasteiger partial charge in [-0.05, 0) is 13.0 Å². The molecular formula is C9H14N2. The molecular weight excluding hydrogens is 136 g/mol. The first kappa shape index (κ1) is 8.18. The normalized spacial score (nSPS) is 11.6. The molecule has 0 fully saturated rings. The van der Waals surface area contributed by atoms with Crippen molar-refractivity contribution in [3.05, 3.63) is 23.8 Å². The third-order valence-corrected chi connectivity index (χ3v) is 1.57. The standard InChI is InChI=1S/C9H14N2/c1-7-5-8(9(2,3)4)11-6-10-7/h5-6H,1-4H3. The average molecular weight is 150 g/mol. The highest BCUT2D eigenvalue weighted by Gasteiger charge is 2.14. The molecule has 1 aromatic rings. The molecule has 11 heavy (non-hydrogen) atoms. The minimum absolute atomic E-state index is 0.133. The number of aromatic nitrogens is 2. The Bertz CT molecular complexity index is 248. The van der Waals surface area contributed by atoms with E-state index in [1.807, 2.05) is 13.0 Å². The van der Waals surface area contributed by atoms with Gasteiger partial charge in [0.2, 0.25) is 0 Å². The largest absolute Gasteiger partial charge is 0.242 e. The zero-order chi connectivity index (χ0) is 8.48. The molecule has 2 heteroatoms. The van der Waals surface area contributed by atoms with E-state index in [0.29, 0.717) is 0 Å². The Morgan fingerprint density at radius 3 is 2.18 bits per heavy atom. The molecule has 0 aliphatic carbocycles. The van der Waals surface area contributed by atoms with E-state index in [4.69, 9.17) is 0 Å². The van der Waals surface area contributed by atoms with Crippen LogP contribution in [-0.2, 0) is 5.41 Å². The smallest absolute Gasteiger partial charge is 0.115 e. The van der Waals surface area contributed by atoms with Crippen LogP contribution in [0.1, 0.15) is 32.2 Å².